The zero-order valence-corrected chi connectivity index (χ0v) is 12.7. The number of carbonyl (C=O) groups excluding carboxylic acids is 2. The van der Waals surface area contributed by atoms with E-state index in [9.17, 15) is 14.4 Å². The van der Waals surface area contributed by atoms with Gasteiger partial charge in [0.05, 0.1) is 17.3 Å². The van der Waals surface area contributed by atoms with Crippen LogP contribution in [0.3, 0.4) is 0 Å². The number of nitrogens with zero attached hydrogens (tertiary/aromatic N) is 2. The normalized spacial score (nSPS) is 10.9. The molecule has 0 aliphatic rings. The lowest BCUT2D eigenvalue weighted by molar-refractivity contribution is -0.117. The highest BCUT2D eigenvalue weighted by Gasteiger charge is 2.18. The minimum Gasteiger partial charge on any atom is -0.461 e. The summed E-state index contributed by atoms with van der Waals surface area (Å²) in [5.41, 5.74) is 2.24. The van der Waals surface area contributed by atoms with Gasteiger partial charge >= 0.3 is 5.69 Å². The van der Waals surface area contributed by atoms with E-state index in [0.717, 1.165) is 16.6 Å². The highest BCUT2D eigenvalue weighted by atomic mass is 16.3. The topological polar surface area (TPSA) is 86.2 Å². The highest BCUT2D eigenvalue weighted by molar-refractivity contribution is 6.41. The number of amides is 1. The second-order valence-corrected chi connectivity index (χ2v) is 5.21. The van der Waals surface area contributed by atoms with Gasteiger partial charge in [-0.1, -0.05) is 6.07 Å². The summed E-state index contributed by atoms with van der Waals surface area (Å²) in [6.07, 6.45) is 1.34. The van der Waals surface area contributed by atoms with Crippen molar-refractivity contribution in [3.63, 3.8) is 0 Å². The van der Waals surface area contributed by atoms with Gasteiger partial charge in [0.2, 0.25) is 0 Å². The van der Waals surface area contributed by atoms with E-state index in [1.165, 1.54) is 16.9 Å². The van der Waals surface area contributed by atoms with Crippen LogP contribution in [0, 0.1) is 0 Å². The number of carbonyl (C=O) groups is 2. The molecule has 0 saturated carbocycles. The molecule has 7 nitrogen and oxygen atoms in total. The molecule has 0 spiro atoms. The molecule has 2 aromatic heterocycles. The van der Waals surface area contributed by atoms with Crippen LogP contribution in [0.15, 0.2) is 45.8 Å². The van der Waals surface area contributed by atoms with Gasteiger partial charge in [-0.2, -0.15) is 0 Å². The molecule has 23 heavy (non-hydrogen) atoms. The molecule has 0 unspecified atom stereocenters. The monoisotopic (exact) mass is 313 g/mol. The summed E-state index contributed by atoms with van der Waals surface area (Å²) in [6.45, 7) is 0.185. The van der Waals surface area contributed by atoms with Gasteiger partial charge in [0.25, 0.3) is 11.7 Å². The van der Waals surface area contributed by atoms with Crippen molar-refractivity contribution in [2.45, 2.75) is 6.54 Å². The average Bonchev–Trinajstić information content (AvgIpc) is 3.17. The number of hydrogen-bond donors (Lipinski definition) is 1. The molecule has 0 fully saturated rings. The number of ketones is 1. The maximum Gasteiger partial charge on any atom is 0.328 e. The highest BCUT2D eigenvalue weighted by Crippen LogP contribution is 2.14. The number of Topliss-reactive ketones (excluding diaryl/α,β-unsaturated/α-hetero) is 1. The predicted octanol–water partition coefficient (Wildman–Crippen LogP) is 0.969. The fourth-order valence-electron chi connectivity index (χ4n) is 2.44. The third kappa shape index (κ3) is 2.57. The zero-order valence-electron chi connectivity index (χ0n) is 12.7. The molecule has 0 radical (unpaired) electrons. The minimum atomic E-state index is -0.734. The number of fused-ring (bicyclic) bond motifs is 1. The molecule has 118 valence electrons. The SMILES string of the molecule is Cn1c(=O)n(C)c2cc(CNC(=O)C(=O)c3ccco3)ccc21. The van der Waals surface area contributed by atoms with Gasteiger partial charge in [-0.15, -0.1) is 0 Å². The molecule has 1 amide bonds. The molecule has 7 heteroatoms. The van der Waals surface area contributed by atoms with Gasteiger partial charge in [-0.25, -0.2) is 4.79 Å². The molecule has 1 aromatic carbocycles. The Morgan fingerprint density at radius 3 is 2.57 bits per heavy atom. The van der Waals surface area contributed by atoms with Crippen molar-refractivity contribution in [1.29, 1.82) is 0 Å². The zero-order chi connectivity index (χ0) is 16.6. The first-order chi connectivity index (χ1) is 11.0. The van der Waals surface area contributed by atoms with Crippen LogP contribution in [-0.4, -0.2) is 20.8 Å². The molecule has 0 bridgehead atoms. The Bertz CT molecular complexity index is 948. The molecule has 0 saturated heterocycles. The molecule has 0 aliphatic heterocycles. The molecule has 1 N–H and O–H groups in total. The summed E-state index contributed by atoms with van der Waals surface area (Å²) < 4.78 is 8.00. The first kappa shape index (κ1) is 14.8. The lowest BCUT2D eigenvalue weighted by Crippen LogP contribution is -2.30. The lowest BCUT2D eigenvalue weighted by atomic mass is 10.2. The number of nitrogens with one attached hydrogen (secondary N) is 1. The Morgan fingerprint density at radius 1 is 1.13 bits per heavy atom. The Labute approximate surface area is 131 Å². The second-order valence-electron chi connectivity index (χ2n) is 5.21. The van der Waals surface area contributed by atoms with E-state index in [1.807, 2.05) is 12.1 Å². The predicted molar refractivity (Wildman–Crippen MR) is 83.0 cm³/mol. The van der Waals surface area contributed by atoms with Crippen LogP contribution in [0.4, 0.5) is 0 Å². The third-order valence-corrected chi connectivity index (χ3v) is 3.74. The van der Waals surface area contributed by atoms with E-state index in [4.69, 9.17) is 4.42 Å². The van der Waals surface area contributed by atoms with Crippen molar-refractivity contribution in [3.8, 4) is 0 Å². The van der Waals surface area contributed by atoms with Crippen LogP contribution >= 0.6 is 0 Å². The maximum absolute atomic E-state index is 11.9. The average molecular weight is 313 g/mol. The van der Waals surface area contributed by atoms with Crippen LogP contribution in [0.1, 0.15) is 16.1 Å². The van der Waals surface area contributed by atoms with Crippen molar-refractivity contribution in [2.24, 2.45) is 14.1 Å². The van der Waals surface area contributed by atoms with Crippen LogP contribution in [0.25, 0.3) is 11.0 Å². The van der Waals surface area contributed by atoms with Crippen molar-refractivity contribution in [2.75, 3.05) is 0 Å². The van der Waals surface area contributed by atoms with E-state index < -0.39 is 11.7 Å². The number of aromatic nitrogens is 2. The molecule has 0 atom stereocenters. The van der Waals surface area contributed by atoms with Gasteiger partial charge in [0, 0.05) is 20.6 Å². The summed E-state index contributed by atoms with van der Waals surface area (Å²) in [4.78, 5) is 35.5. The summed E-state index contributed by atoms with van der Waals surface area (Å²) in [5, 5.41) is 2.55. The summed E-state index contributed by atoms with van der Waals surface area (Å²) in [6, 6.07) is 8.42. The van der Waals surface area contributed by atoms with Gasteiger partial charge in [-0.3, -0.25) is 18.7 Å². The smallest absolute Gasteiger partial charge is 0.328 e. The number of rotatable bonds is 4. The number of furan rings is 1. The van der Waals surface area contributed by atoms with Crippen molar-refractivity contribution in [3.05, 3.63) is 58.4 Å². The summed E-state index contributed by atoms with van der Waals surface area (Å²) in [7, 11) is 3.39. The van der Waals surface area contributed by atoms with E-state index in [1.54, 1.807) is 30.8 Å². The number of benzene rings is 1. The molecule has 2 heterocycles. The fourth-order valence-corrected chi connectivity index (χ4v) is 2.44. The third-order valence-electron chi connectivity index (χ3n) is 3.74. The molecule has 0 aliphatic carbocycles. The Hall–Kier alpha value is -3.09. The van der Waals surface area contributed by atoms with E-state index >= 15 is 0 Å². The molecule has 3 aromatic rings. The van der Waals surface area contributed by atoms with E-state index in [2.05, 4.69) is 5.32 Å². The molecule has 3 rings (SSSR count). The summed E-state index contributed by atoms with van der Waals surface area (Å²) >= 11 is 0. The molecular weight excluding hydrogens is 298 g/mol. The largest absolute Gasteiger partial charge is 0.461 e. The number of imidazole rings is 1. The van der Waals surface area contributed by atoms with E-state index in [0.29, 0.717) is 0 Å². The van der Waals surface area contributed by atoms with Crippen LogP contribution < -0.4 is 11.0 Å². The quantitative estimate of drug-likeness (QED) is 0.574. The number of hydrogen-bond acceptors (Lipinski definition) is 4. The van der Waals surface area contributed by atoms with E-state index in [-0.39, 0.29) is 18.0 Å². The van der Waals surface area contributed by atoms with Gasteiger partial charge in [0.15, 0.2) is 5.76 Å². The number of aryl methyl sites for hydroxylation is 2. The lowest BCUT2D eigenvalue weighted by Gasteiger charge is -2.05. The van der Waals surface area contributed by atoms with Crippen molar-refractivity contribution in [1.82, 2.24) is 14.5 Å². The second kappa shape index (κ2) is 5.60. The summed E-state index contributed by atoms with van der Waals surface area (Å²) in [5.74, 6) is -1.45. The van der Waals surface area contributed by atoms with Crippen molar-refractivity contribution >= 4 is 22.7 Å². The standard InChI is InChI=1S/C16H15N3O4/c1-18-11-6-5-10(8-12(11)19(2)16(18)22)9-17-15(21)14(20)13-4-3-7-23-13/h3-8H,9H2,1-2H3,(H,17,21). The van der Waals surface area contributed by atoms with Crippen LogP contribution in [-0.2, 0) is 25.4 Å². The Morgan fingerprint density at radius 2 is 1.87 bits per heavy atom. The first-order valence-corrected chi connectivity index (χ1v) is 6.99. The maximum atomic E-state index is 11.9. The Balaban J connectivity index is 1.77. The first-order valence-electron chi connectivity index (χ1n) is 6.99. The molecular formula is C16H15N3O4. The van der Waals surface area contributed by atoms with Crippen molar-refractivity contribution < 1.29 is 14.0 Å². The minimum absolute atomic E-state index is 0.00316. The fraction of sp³-hybridized carbons (Fsp3) is 0.188. The van der Waals surface area contributed by atoms with Gasteiger partial charge in [0.1, 0.15) is 0 Å². The Kier molecular flexibility index (Phi) is 3.61. The van der Waals surface area contributed by atoms with Gasteiger partial charge < -0.3 is 9.73 Å². The van der Waals surface area contributed by atoms with Crippen LogP contribution in [0.2, 0.25) is 0 Å². The van der Waals surface area contributed by atoms with Gasteiger partial charge in [-0.05, 0) is 29.8 Å². The van der Waals surface area contributed by atoms with Crippen LogP contribution in [0.5, 0.6) is 0 Å².